The zero-order valence-electron chi connectivity index (χ0n) is 40.9. The molecule has 0 aromatic carbocycles. The Labute approximate surface area is 374 Å². The smallest absolute Gasteiger partial charge is 0.409 e. The van der Waals surface area contributed by atoms with Crippen molar-refractivity contribution < 1.29 is 28.9 Å². The molecule has 7 heteroatoms. The van der Waals surface area contributed by atoms with Gasteiger partial charge in [0.2, 0.25) is 0 Å². The van der Waals surface area contributed by atoms with Gasteiger partial charge < -0.3 is 24.2 Å². The molecule has 0 radical (unpaired) electrons. The number of unbranched alkanes of at least 4 members (excludes halogenated alkanes) is 26. The van der Waals surface area contributed by atoms with Crippen molar-refractivity contribution in [2.75, 3.05) is 46.1 Å². The second-order valence-electron chi connectivity index (χ2n) is 18.4. The molecule has 1 amide bonds. The molecule has 60 heavy (non-hydrogen) atoms. The van der Waals surface area contributed by atoms with Crippen molar-refractivity contribution in [3.05, 3.63) is 0 Å². The van der Waals surface area contributed by atoms with Gasteiger partial charge >= 0.3 is 12.1 Å². The predicted octanol–water partition coefficient (Wildman–Crippen LogP) is 16.1. The Kier molecular flexibility index (Phi) is 47.6. The summed E-state index contributed by atoms with van der Waals surface area (Å²) in [6.45, 7) is 11.8. The molecule has 0 aliphatic heterocycles. The van der Waals surface area contributed by atoms with E-state index in [4.69, 9.17) is 19.3 Å². The molecule has 358 valence electrons. The molecule has 0 saturated heterocycles. The summed E-state index contributed by atoms with van der Waals surface area (Å²) in [5, 5.41) is 9.12. The summed E-state index contributed by atoms with van der Waals surface area (Å²) in [7, 11) is 0. The zero-order valence-corrected chi connectivity index (χ0v) is 40.9. The molecule has 0 atom stereocenters. The van der Waals surface area contributed by atoms with Crippen LogP contribution in [-0.4, -0.2) is 68.2 Å². The Morgan fingerprint density at radius 2 is 0.767 bits per heavy atom. The average Bonchev–Trinajstić information content (AvgIpc) is 3.25. The maximum absolute atomic E-state index is 13.1. The van der Waals surface area contributed by atoms with Crippen LogP contribution in [0.25, 0.3) is 0 Å². The Bertz CT molecular complexity index is 838. The van der Waals surface area contributed by atoms with E-state index in [2.05, 4.69) is 27.7 Å². The summed E-state index contributed by atoms with van der Waals surface area (Å²) < 4.78 is 17.0. The highest BCUT2D eigenvalue weighted by Gasteiger charge is 2.17. The molecule has 0 aromatic heterocycles. The van der Waals surface area contributed by atoms with Crippen molar-refractivity contribution in [1.29, 1.82) is 0 Å². The van der Waals surface area contributed by atoms with Crippen LogP contribution in [0.3, 0.4) is 0 Å². The highest BCUT2D eigenvalue weighted by Crippen LogP contribution is 2.25. The first kappa shape index (κ1) is 58.7. The maximum atomic E-state index is 13.1. The van der Waals surface area contributed by atoms with Crippen molar-refractivity contribution in [3.8, 4) is 0 Å². The highest BCUT2D eigenvalue weighted by molar-refractivity contribution is 5.69. The molecule has 0 spiro atoms. The third-order valence-corrected chi connectivity index (χ3v) is 12.6. The van der Waals surface area contributed by atoms with Crippen molar-refractivity contribution in [2.45, 2.75) is 272 Å². The van der Waals surface area contributed by atoms with E-state index >= 15 is 0 Å². The number of amides is 1. The van der Waals surface area contributed by atoms with Gasteiger partial charge in [-0.3, -0.25) is 4.79 Å². The van der Waals surface area contributed by atoms with Crippen molar-refractivity contribution >= 4 is 12.1 Å². The lowest BCUT2D eigenvalue weighted by Crippen LogP contribution is -2.35. The van der Waals surface area contributed by atoms with Crippen LogP contribution in [0.15, 0.2) is 0 Å². The lowest BCUT2D eigenvalue weighted by Gasteiger charge is -2.22. The molecule has 0 fully saturated rings. The standard InChI is InChI=1S/C53H105NO6/c1-5-9-13-17-21-29-37-50(38-30-22-18-14-10-6-2)39-31-25-27-36-46-60-53(57)54(43-47-58-48-44-55)42-34-26-28-35-45-59-52(56)49-51(40-32-23-19-15-11-7-3)41-33-24-20-16-12-8-4/h50-51,55H,5-49H2,1-4H3. The zero-order chi connectivity index (χ0) is 43.8. The van der Waals surface area contributed by atoms with E-state index in [0.717, 1.165) is 57.3 Å². The molecule has 7 nitrogen and oxygen atoms in total. The molecule has 0 bridgehead atoms. The van der Waals surface area contributed by atoms with Gasteiger partial charge in [-0.05, 0) is 50.4 Å². The molecular formula is C53H105NO6. The van der Waals surface area contributed by atoms with Crippen LogP contribution in [0.1, 0.15) is 272 Å². The number of hydrogen-bond acceptors (Lipinski definition) is 6. The number of rotatable bonds is 49. The van der Waals surface area contributed by atoms with Crippen LogP contribution in [0.4, 0.5) is 4.79 Å². The third-order valence-electron chi connectivity index (χ3n) is 12.6. The van der Waals surface area contributed by atoms with Gasteiger partial charge in [-0.2, -0.15) is 0 Å². The van der Waals surface area contributed by atoms with E-state index in [1.165, 1.54) is 186 Å². The van der Waals surface area contributed by atoms with Crippen LogP contribution in [0, 0.1) is 11.8 Å². The van der Waals surface area contributed by atoms with Gasteiger partial charge in [-0.15, -0.1) is 0 Å². The van der Waals surface area contributed by atoms with E-state index < -0.39 is 0 Å². The first-order valence-electron chi connectivity index (χ1n) is 26.8. The molecule has 0 saturated carbocycles. The summed E-state index contributed by atoms with van der Waals surface area (Å²) in [4.78, 5) is 27.7. The van der Waals surface area contributed by atoms with Gasteiger partial charge in [-0.1, -0.05) is 227 Å². The minimum Gasteiger partial charge on any atom is -0.466 e. The molecule has 0 heterocycles. The van der Waals surface area contributed by atoms with E-state index in [-0.39, 0.29) is 25.3 Å². The van der Waals surface area contributed by atoms with Gasteiger partial charge in [0.25, 0.3) is 0 Å². The number of aliphatic hydroxyl groups excluding tert-OH is 1. The lowest BCUT2D eigenvalue weighted by atomic mass is 9.89. The maximum Gasteiger partial charge on any atom is 0.409 e. The van der Waals surface area contributed by atoms with E-state index in [1.807, 2.05) is 0 Å². The van der Waals surface area contributed by atoms with Crippen molar-refractivity contribution in [2.24, 2.45) is 11.8 Å². The Morgan fingerprint density at radius 1 is 0.400 bits per heavy atom. The number of carbonyl (C=O) groups excluding carboxylic acids is 2. The van der Waals surface area contributed by atoms with Crippen LogP contribution >= 0.6 is 0 Å². The lowest BCUT2D eigenvalue weighted by molar-refractivity contribution is -0.145. The van der Waals surface area contributed by atoms with Gasteiger partial charge in [0, 0.05) is 19.5 Å². The minimum atomic E-state index is -0.258. The van der Waals surface area contributed by atoms with E-state index in [9.17, 15) is 9.59 Å². The predicted molar refractivity (Wildman–Crippen MR) is 257 cm³/mol. The molecule has 0 rings (SSSR count). The van der Waals surface area contributed by atoms with Gasteiger partial charge in [0.15, 0.2) is 0 Å². The summed E-state index contributed by atoms with van der Waals surface area (Å²) in [5.41, 5.74) is 0. The number of carbonyl (C=O) groups is 2. The average molecular weight is 852 g/mol. The fourth-order valence-corrected chi connectivity index (χ4v) is 8.65. The van der Waals surface area contributed by atoms with Gasteiger partial charge in [0.05, 0.1) is 33.0 Å². The second kappa shape index (κ2) is 48.7. The van der Waals surface area contributed by atoms with Crippen LogP contribution in [0.2, 0.25) is 0 Å². The van der Waals surface area contributed by atoms with Crippen LogP contribution in [0.5, 0.6) is 0 Å². The first-order chi connectivity index (χ1) is 29.5. The van der Waals surface area contributed by atoms with Crippen LogP contribution in [-0.2, 0) is 19.0 Å². The summed E-state index contributed by atoms with van der Waals surface area (Å²) in [6.07, 6.45) is 47.1. The summed E-state index contributed by atoms with van der Waals surface area (Å²) in [5.74, 6) is 1.32. The Morgan fingerprint density at radius 3 is 1.20 bits per heavy atom. The summed E-state index contributed by atoms with van der Waals surface area (Å²) >= 11 is 0. The highest BCUT2D eigenvalue weighted by atomic mass is 16.6. The number of aliphatic hydroxyl groups is 1. The fraction of sp³-hybridized carbons (Fsp3) is 0.962. The third kappa shape index (κ3) is 42.0. The SMILES string of the molecule is CCCCCCCCC(CCCCCCCC)CCCCCCOC(=O)N(CCCCCCOC(=O)CC(CCCCCCCC)CCCCCCCC)CCOCCO. The second-order valence-corrected chi connectivity index (χ2v) is 18.4. The number of ether oxygens (including phenoxy) is 3. The quantitative estimate of drug-likeness (QED) is 0.0485. The number of hydrogen-bond donors (Lipinski definition) is 1. The van der Waals surface area contributed by atoms with Gasteiger partial charge in [-0.25, -0.2) is 4.79 Å². The summed E-state index contributed by atoms with van der Waals surface area (Å²) in [6, 6.07) is 0. The molecule has 1 N–H and O–H groups in total. The normalized spacial score (nSPS) is 11.6. The molecule has 0 aromatic rings. The molecule has 0 aliphatic rings. The minimum absolute atomic E-state index is 0.0211. The first-order valence-corrected chi connectivity index (χ1v) is 26.8. The molecule has 0 aliphatic carbocycles. The van der Waals surface area contributed by atoms with E-state index in [1.54, 1.807) is 4.90 Å². The fourth-order valence-electron chi connectivity index (χ4n) is 8.65. The van der Waals surface area contributed by atoms with Crippen LogP contribution < -0.4 is 0 Å². The van der Waals surface area contributed by atoms with Crippen molar-refractivity contribution in [1.82, 2.24) is 4.90 Å². The largest absolute Gasteiger partial charge is 0.466 e. The number of esters is 1. The molecule has 0 unspecified atom stereocenters. The Balaban J connectivity index is 4.50. The molecular weight excluding hydrogens is 747 g/mol. The van der Waals surface area contributed by atoms with E-state index in [0.29, 0.717) is 45.2 Å². The van der Waals surface area contributed by atoms with Gasteiger partial charge in [0.1, 0.15) is 0 Å². The number of nitrogens with zero attached hydrogens (tertiary/aromatic N) is 1. The monoisotopic (exact) mass is 852 g/mol. The topological polar surface area (TPSA) is 85.3 Å². The van der Waals surface area contributed by atoms with Crippen molar-refractivity contribution in [3.63, 3.8) is 0 Å². The Hall–Kier alpha value is -1.34.